The Kier molecular flexibility index (Phi) is 6.69. The molecule has 0 spiro atoms. The Morgan fingerprint density at radius 1 is 0.943 bits per heavy atom. The lowest BCUT2D eigenvalue weighted by molar-refractivity contribution is -0.137. The summed E-state index contributed by atoms with van der Waals surface area (Å²) in [5.41, 5.74) is 3.23. The van der Waals surface area contributed by atoms with Crippen molar-refractivity contribution in [1.29, 1.82) is 0 Å². The van der Waals surface area contributed by atoms with Crippen LogP contribution in [0.15, 0.2) is 48.5 Å². The van der Waals surface area contributed by atoms with Gasteiger partial charge >= 0.3 is 6.18 Å². The molecule has 184 valence electrons. The van der Waals surface area contributed by atoms with Crippen LogP contribution in [-0.4, -0.2) is 39.6 Å². The second kappa shape index (κ2) is 9.56. The van der Waals surface area contributed by atoms with Crippen LogP contribution in [0.1, 0.15) is 45.6 Å². The Bertz CT molecular complexity index is 1220. The molecule has 0 unspecified atom stereocenters. The third-order valence-corrected chi connectivity index (χ3v) is 6.15. The number of halogens is 3. The van der Waals surface area contributed by atoms with Gasteiger partial charge in [0.15, 0.2) is 0 Å². The molecule has 0 bridgehead atoms. The van der Waals surface area contributed by atoms with Gasteiger partial charge in [-0.3, -0.25) is 9.59 Å². The lowest BCUT2D eigenvalue weighted by Crippen LogP contribution is -2.41. The van der Waals surface area contributed by atoms with Crippen molar-refractivity contribution < 1.29 is 22.8 Å². The molecule has 3 aromatic rings. The molecule has 1 aromatic heterocycles. The number of alkyl halides is 3. The van der Waals surface area contributed by atoms with Gasteiger partial charge in [0, 0.05) is 30.6 Å². The molecule has 1 aliphatic rings. The van der Waals surface area contributed by atoms with E-state index in [-0.39, 0.29) is 23.3 Å². The molecule has 2 aromatic carbocycles. The van der Waals surface area contributed by atoms with Crippen molar-refractivity contribution in [3.05, 3.63) is 76.5 Å². The van der Waals surface area contributed by atoms with E-state index in [1.54, 1.807) is 9.58 Å². The van der Waals surface area contributed by atoms with Crippen molar-refractivity contribution in [2.24, 2.45) is 5.92 Å². The van der Waals surface area contributed by atoms with Gasteiger partial charge in [0.2, 0.25) is 5.91 Å². The summed E-state index contributed by atoms with van der Waals surface area (Å²) in [5, 5.41) is 7.52. The molecule has 0 saturated carbocycles. The molecule has 2 heterocycles. The van der Waals surface area contributed by atoms with E-state index >= 15 is 0 Å². The first kappa shape index (κ1) is 24.5. The first-order valence-electron chi connectivity index (χ1n) is 11.4. The number of rotatable bonds is 4. The maximum Gasteiger partial charge on any atom is 0.416 e. The lowest BCUT2D eigenvalue weighted by Gasteiger charge is -2.31. The largest absolute Gasteiger partial charge is 0.416 e. The molecule has 9 heteroatoms. The van der Waals surface area contributed by atoms with E-state index in [9.17, 15) is 22.8 Å². The van der Waals surface area contributed by atoms with Crippen molar-refractivity contribution in [2.75, 3.05) is 18.4 Å². The molecule has 1 fully saturated rings. The Labute approximate surface area is 201 Å². The number of carbonyl (C=O) groups is 2. The summed E-state index contributed by atoms with van der Waals surface area (Å²) < 4.78 is 40.0. The first-order valence-corrected chi connectivity index (χ1v) is 11.4. The highest BCUT2D eigenvalue weighted by atomic mass is 19.4. The van der Waals surface area contributed by atoms with Crippen molar-refractivity contribution in [2.45, 2.75) is 39.8 Å². The van der Waals surface area contributed by atoms with Crippen LogP contribution in [0, 0.1) is 26.7 Å². The number of nitrogens with zero attached hydrogens (tertiary/aromatic N) is 3. The van der Waals surface area contributed by atoms with E-state index in [4.69, 9.17) is 0 Å². The Hall–Kier alpha value is -3.62. The second-order valence-corrected chi connectivity index (χ2v) is 9.06. The topological polar surface area (TPSA) is 67.2 Å². The molecule has 2 amide bonds. The third kappa shape index (κ3) is 5.55. The maximum atomic E-state index is 13.0. The van der Waals surface area contributed by atoms with Crippen molar-refractivity contribution >= 4 is 17.6 Å². The van der Waals surface area contributed by atoms with Crippen LogP contribution < -0.4 is 5.32 Å². The SMILES string of the molecule is Cc1cc(C)cc(-n2nc(C)cc2NC(=O)C2CCN(C(=O)c3ccc(C(F)(F)F)cc3)CC2)c1. The molecule has 0 radical (unpaired) electrons. The van der Waals surface area contributed by atoms with Gasteiger partial charge in [-0.15, -0.1) is 0 Å². The summed E-state index contributed by atoms with van der Waals surface area (Å²) in [7, 11) is 0. The summed E-state index contributed by atoms with van der Waals surface area (Å²) in [6.07, 6.45) is -3.51. The molecule has 0 atom stereocenters. The van der Waals surface area contributed by atoms with Crippen LogP contribution in [0.4, 0.5) is 19.0 Å². The molecular formula is C26H27F3N4O2. The predicted molar refractivity (Wildman–Crippen MR) is 126 cm³/mol. The van der Waals surface area contributed by atoms with Gasteiger partial charge in [-0.25, -0.2) is 4.68 Å². The van der Waals surface area contributed by atoms with Crippen LogP contribution >= 0.6 is 0 Å². The summed E-state index contributed by atoms with van der Waals surface area (Å²) in [5.74, 6) is -0.173. The summed E-state index contributed by atoms with van der Waals surface area (Å²) >= 11 is 0. The fourth-order valence-electron chi connectivity index (χ4n) is 4.42. The van der Waals surface area contributed by atoms with Gasteiger partial charge in [-0.2, -0.15) is 18.3 Å². The molecule has 35 heavy (non-hydrogen) atoms. The average Bonchev–Trinajstić information content (AvgIpc) is 3.17. The van der Waals surface area contributed by atoms with E-state index in [1.807, 2.05) is 39.0 Å². The highest BCUT2D eigenvalue weighted by Crippen LogP contribution is 2.30. The number of aryl methyl sites for hydroxylation is 3. The zero-order valence-electron chi connectivity index (χ0n) is 19.8. The highest BCUT2D eigenvalue weighted by Gasteiger charge is 2.31. The minimum absolute atomic E-state index is 0.142. The van der Waals surface area contributed by atoms with Crippen molar-refractivity contribution in [3.8, 4) is 5.69 Å². The molecule has 6 nitrogen and oxygen atoms in total. The van der Waals surface area contributed by atoms with Crippen LogP contribution in [0.2, 0.25) is 0 Å². The fourth-order valence-corrected chi connectivity index (χ4v) is 4.42. The third-order valence-electron chi connectivity index (χ3n) is 6.15. The molecule has 1 aliphatic heterocycles. The van der Waals surface area contributed by atoms with Gasteiger partial charge in [0.05, 0.1) is 16.9 Å². The Morgan fingerprint density at radius 3 is 2.11 bits per heavy atom. The maximum absolute atomic E-state index is 13.0. The van der Waals surface area contributed by atoms with E-state index < -0.39 is 11.7 Å². The van der Waals surface area contributed by atoms with Gasteiger partial charge in [-0.1, -0.05) is 6.07 Å². The standard InChI is InChI=1S/C26H27F3N4O2/c1-16-12-17(2)14-22(13-16)33-23(15-18(3)31-33)30-24(34)19-8-10-32(11-9-19)25(35)20-4-6-21(7-5-20)26(27,28)29/h4-7,12-15,19H,8-11H2,1-3H3,(H,30,34). The molecule has 1 saturated heterocycles. The van der Waals surface area contributed by atoms with E-state index in [0.29, 0.717) is 31.7 Å². The van der Waals surface area contributed by atoms with Crippen LogP contribution in [0.25, 0.3) is 5.69 Å². The molecule has 1 N–H and O–H groups in total. The number of hydrogen-bond donors (Lipinski definition) is 1. The zero-order chi connectivity index (χ0) is 25.3. The highest BCUT2D eigenvalue weighted by molar-refractivity contribution is 5.95. The van der Waals surface area contributed by atoms with Crippen LogP contribution in [-0.2, 0) is 11.0 Å². The minimum atomic E-state index is -4.45. The number of aromatic nitrogens is 2. The first-order chi connectivity index (χ1) is 16.5. The minimum Gasteiger partial charge on any atom is -0.339 e. The number of anilines is 1. The Morgan fingerprint density at radius 2 is 1.54 bits per heavy atom. The molecule has 0 aliphatic carbocycles. The Balaban J connectivity index is 1.39. The number of nitrogens with one attached hydrogen (secondary N) is 1. The molecule has 4 rings (SSSR count). The monoisotopic (exact) mass is 484 g/mol. The summed E-state index contributed by atoms with van der Waals surface area (Å²) in [6, 6.07) is 12.1. The van der Waals surface area contributed by atoms with Crippen molar-refractivity contribution in [1.82, 2.24) is 14.7 Å². The number of benzene rings is 2. The van der Waals surface area contributed by atoms with E-state index in [0.717, 1.165) is 34.6 Å². The summed E-state index contributed by atoms with van der Waals surface area (Å²) in [4.78, 5) is 27.3. The lowest BCUT2D eigenvalue weighted by atomic mass is 9.95. The van der Waals surface area contributed by atoms with Crippen molar-refractivity contribution in [3.63, 3.8) is 0 Å². The van der Waals surface area contributed by atoms with Crippen LogP contribution in [0.5, 0.6) is 0 Å². The smallest absolute Gasteiger partial charge is 0.339 e. The van der Waals surface area contributed by atoms with Gasteiger partial charge in [0.25, 0.3) is 5.91 Å². The number of likely N-dealkylation sites (tertiary alicyclic amines) is 1. The number of amides is 2. The predicted octanol–water partition coefficient (Wildman–Crippen LogP) is 5.31. The molecular weight excluding hydrogens is 457 g/mol. The van der Waals surface area contributed by atoms with Gasteiger partial charge < -0.3 is 10.2 Å². The quantitative estimate of drug-likeness (QED) is 0.546. The zero-order valence-corrected chi connectivity index (χ0v) is 19.8. The summed E-state index contributed by atoms with van der Waals surface area (Å²) in [6.45, 7) is 6.58. The average molecular weight is 485 g/mol. The number of piperidine rings is 1. The van der Waals surface area contributed by atoms with Gasteiger partial charge in [-0.05, 0) is 81.1 Å². The second-order valence-electron chi connectivity index (χ2n) is 9.06. The normalized spacial score (nSPS) is 14.7. The fraction of sp³-hybridized carbons (Fsp3) is 0.346. The van der Waals surface area contributed by atoms with E-state index in [2.05, 4.69) is 16.5 Å². The number of hydrogen-bond acceptors (Lipinski definition) is 3. The number of carbonyl (C=O) groups excluding carboxylic acids is 2. The van der Waals surface area contributed by atoms with Crippen LogP contribution in [0.3, 0.4) is 0 Å². The van der Waals surface area contributed by atoms with Gasteiger partial charge in [0.1, 0.15) is 5.82 Å². The van der Waals surface area contributed by atoms with E-state index in [1.165, 1.54) is 12.1 Å².